The Morgan fingerprint density at radius 2 is 1.95 bits per heavy atom. The molecule has 2 aliphatic heterocycles. The molecule has 0 aromatic heterocycles. The van der Waals surface area contributed by atoms with E-state index in [4.69, 9.17) is 10.8 Å². The number of fused-ring (bicyclic) bond motifs is 1. The number of nitrogens with zero attached hydrogens (tertiary/aromatic N) is 2. The van der Waals surface area contributed by atoms with Crippen LogP contribution in [0.5, 0.6) is 0 Å². The molecule has 0 aliphatic carbocycles. The number of aryl methyl sites for hydroxylation is 1. The Morgan fingerprint density at radius 3 is 2.51 bits per heavy atom. The topological polar surface area (TPSA) is 147 Å². The summed E-state index contributed by atoms with van der Waals surface area (Å²) >= 11 is 0. The first-order valence-electron chi connectivity index (χ1n) is 14.4. The highest BCUT2D eigenvalue weighted by Gasteiger charge is 2.34. The van der Waals surface area contributed by atoms with Crippen molar-refractivity contribution in [1.82, 2.24) is 20.9 Å². The van der Waals surface area contributed by atoms with Gasteiger partial charge >= 0.3 is 5.97 Å². The molecule has 0 saturated carbocycles. The number of anilines is 1. The number of aliphatic carboxylic acids is 1. The number of alkyl halides is 2. The average Bonchev–Trinajstić information content (AvgIpc) is 2.94. The van der Waals surface area contributed by atoms with Gasteiger partial charge in [-0.05, 0) is 60.9 Å². The Labute approximate surface area is 241 Å². The Morgan fingerprint density at radius 1 is 1.24 bits per heavy atom. The summed E-state index contributed by atoms with van der Waals surface area (Å²) in [5, 5.41) is 27.9. The third-order valence-electron chi connectivity index (χ3n) is 8.02. The fourth-order valence-corrected chi connectivity index (χ4v) is 5.93. The molecule has 1 fully saturated rings. The number of halogens is 2. The molecule has 2 atom stereocenters. The number of amidine groups is 1. The van der Waals surface area contributed by atoms with Gasteiger partial charge in [0.15, 0.2) is 0 Å². The van der Waals surface area contributed by atoms with Gasteiger partial charge in [0, 0.05) is 82.1 Å². The van der Waals surface area contributed by atoms with Crippen molar-refractivity contribution in [1.29, 1.82) is 5.41 Å². The number of piperidine rings is 1. The first-order valence-corrected chi connectivity index (χ1v) is 14.4. The minimum atomic E-state index is -2.72. The van der Waals surface area contributed by atoms with Crippen molar-refractivity contribution in [3.63, 3.8) is 0 Å². The molecule has 41 heavy (non-hydrogen) atoms. The molecule has 7 N–H and O–H groups in total. The molecule has 12 heteroatoms. The lowest BCUT2D eigenvalue weighted by atomic mass is 9.89. The SMILES string of the molecule is CCC(NC1CCN(CC(=O)O)CC1)C(CNC(C)=O)C(=N)N1CCCc2cc(/C(=C/NC)CN)c(C(F)F)cc21. The van der Waals surface area contributed by atoms with Crippen LogP contribution in [0.15, 0.2) is 18.3 Å². The quantitative estimate of drug-likeness (QED) is 0.155. The number of carbonyl (C=O) groups is 2. The van der Waals surface area contributed by atoms with Crippen LogP contribution in [-0.4, -0.2) is 86.1 Å². The molecule has 228 valence electrons. The smallest absolute Gasteiger partial charge is 0.317 e. The molecule has 0 spiro atoms. The second kappa shape index (κ2) is 15.2. The average molecular weight is 578 g/mol. The number of hydrogen-bond acceptors (Lipinski definition) is 7. The number of likely N-dealkylation sites (tertiary alicyclic amines) is 1. The Balaban J connectivity index is 1.90. The number of rotatable bonds is 13. The molecule has 1 saturated heterocycles. The Bertz CT molecular complexity index is 1110. The second-order valence-electron chi connectivity index (χ2n) is 10.8. The van der Waals surface area contributed by atoms with Crippen molar-refractivity contribution in [3.05, 3.63) is 35.0 Å². The number of carbonyl (C=O) groups excluding carboxylic acids is 1. The zero-order valence-corrected chi connectivity index (χ0v) is 24.3. The molecule has 0 bridgehead atoms. The molecule has 2 unspecified atom stereocenters. The first kappa shape index (κ1) is 32.4. The summed E-state index contributed by atoms with van der Waals surface area (Å²) in [6.45, 7) is 5.69. The van der Waals surface area contributed by atoms with Gasteiger partial charge in [0.05, 0.1) is 6.54 Å². The van der Waals surface area contributed by atoms with E-state index in [9.17, 15) is 23.8 Å². The maximum Gasteiger partial charge on any atom is 0.317 e. The summed E-state index contributed by atoms with van der Waals surface area (Å²) in [4.78, 5) is 26.7. The van der Waals surface area contributed by atoms with Crippen LogP contribution in [0.3, 0.4) is 0 Å². The van der Waals surface area contributed by atoms with Crippen LogP contribution < -0.4 is 26.6 Å². The van der Waals surface area contributed by atoms with Crippen molar-refractivity contribution < 1.29 is 23.5 Å². The van der Waals surface area contributed by atoms with Gasteiger partial charge in [-0.2, -0.15) is 0 Å². The highest BCUT2D eigenvalue weighted by atomic mass is 19.3. The number of benzene rings is 1. The molecule has 1 amide bonds. The molecule has 0 radical (unpaired) electrons. The van der Waals surface area contributed by atoms with Crippen LogP contribution in [0.1, 0.15) is 62.6 Å². The van der Waals surface area contributed by atoms with Gasteiger partial charge in [0.25, 0.3) is 6.43 Å². The van der Waals surface area contributed by atoms with E-state index in [1.807, 2.05) is 16.7 Å². The number of carboxylic acid groups (broad SMARTS) is 1. The van der Waals surface area contributed by atoms with E-state index in [-0.39, 0.29) is 49.0 Å². The predicted molar refractivity (Wildman–Crippen MR) is 157 cm³/mol. The lowest BCUT2D eigenvalue weighted by Gasteiger charge is -2.40. The zero-order chi connectivity index (χ0) is 30.1. The molecular formula is C29H45F2N7O3. The molecule has 3 rings (SSSR count). The van der Waals surface area contributed by atoms with Crippen molar-refractivity contribution in [2.45, 2.75) is 64.5 Å². The van der Waals surface area contributed by atoms with E-state index in [1.165, 1.54) is 13.0 Å². The van der Waals surface area contributed by atoms with Crippen LogP contribution in [0, 0.1) is 11.3 Å². The molecule has 2 aliphatic rings. The van der Waals surface area contributed by atoms with Crippen LogP contribution in [0.25, 0.3) is 5.57 Å². The van der Waals surface area contributed by atoms with E-state index in [1.54, 1.807) is 19.3 Å². The van der Waals surface area contributed by atoms with Gasteiger partial charge in [-0.3, -0.25) is 19.9 Å². The minimum absolute atomic E-state index is 0.0218. The number of nitrogens with one attached hydrogen (secondary N) is 4. The highest BCUT2D eigenvalue weighted by molar-refractivity contribution is 5.99. The van der Waals surface area contributed by atoms with E-state index in [0.717, 1.165) is 24.8 Å². The van der Waals surface area contributed by atoms with Crippen molar-refractivity contribution >= 4 is 29.0 Å². The van der Waals surface area contributed by atoms with Crippen LogP contribution >= 0.6 is 0 Å². The van der Waals surface area contributed by atoms with E-state index in [0.29, 0.717) is 49.3 Å². The van der Waals surface area contributed by atoms with E-state index >= 15 is 0 Å². The van der Waals surface area contributed by atoms with Crippen LogP contribution in [0.4, 0.5) is 14.5 Å². The first-order chi connectivity index (χ1) is 19.6. The summed E-state index contributed by atoms with van der Waals surface area (Å²) in [6.07, 6.45) is 2.64. The van der Waals surface area contributed by atoms with Crippen LogP contribution in [0.2, 0.25) is 0 Å². The molecule has 2 heterocycles. The number of nitrogens with two attached hydrogens (primary N) is 1. The summed E-state index contributed by atoms with van der Waals surface area (Å²) in [7, 11) is 1.70. The lowest BCUT2D eigenvalue weighted by Crippen LogP contribution is -2.55. The van der Waals surface area contributed by atoms with Gasteiger partial charge in [-0.15, -0.1) is 0 Å². The maximum atomic E-state index is 14.3. The maximum absolute atomic E-state index is 14.3. The summed E-state index contributed by atoms with van der Waals surface area (Å²) in [6, 6.07) is 3.29. The fourth-order valence-electron chi connectivity index (χ4n) is 5.93. The van der Waals surface area contributed by atoms with Crippen molar-refractivity contribution in [2.24, 2.45) is 11.7 Å². The molecule has 1 aromatic carbocycles. The summed E-state index contributed by atoms with van der Waals surface area (Å²) < 4.78 is 28.6. The summed E-state index contributed by atoms with van der Waals surface area (Å²) in [5.41, 5.74) is 8.28. The molecule has 1 aromatic rings. The van der Waals surface area contributed by atoms with Gasteiger partial charge in [-0.1, -0.05) is 6.92 Å². The Kier molecular flexibility index (Phi) is 12.0. The number of hydrogen-bond donors (Lipinski definition) is 6. The third kappa shape index (κ3) is 8.46. The monoisotopic (exact) mass is 577 g/mol. The number of carboxylic acids is 1. The van der Waals surface area contributed by atoms with Gasteiger partial charge < -0.3 is 31.7 Å². The molecular weight excluding hydrogens is 532 g/mol. The second-order valence-corrected chi connectivity index (χ2v) is 10.8. The van der Waals surface area contributed by atoms with Crippen molar-refractivity contribution in [2.75, 3.05) is 51.2 Å². The van der Waals surface area contributed by atoms with Gasteiger partial charge in [0.1, 0.15) is 5.84 Å². The normalized spacial score (nSPS) is 18.1. The third-order valence-corrected chi connectivity index (χ3v) is 8.02. The lowest BCUT2D eigenvalue weighted by molar-refractivity contribution is -0.138. The van der Waals surface area contributed by atoms with Crippen LogP contribution in [-0.2, 0) is 16.0 Å². The van der Waals surface area contributed by atoms with E-state index < -0.39 is 18.3 Å². The van der Waals surface area contributed by atoms with Gasteiger partial charge in [-0.25, -0.2) is 8.78 Å². The zero-order valence-electron chi connectivity index (χ0n) is 24.3. The largest absolute Gasteiger partial charge is 0.480 e. The van der Waals surface area contributed by atoms with E-state index in [2.05, 4.69) is 16.0 Å². The molecule has 10 nitrogen and oxygen atoms in total. The fraction of sp³-hybridized carbons (Fsp3) is 0.621. The highest BCUT2D eigenvalue weighted by Crippen LogP contribution is 2.37. The standard InChI is InChI=1S/C29H45F2N7O3/c1-4-25(36-21-7-10-37(11-8-21)17-27(40)41)24(16-35-18(2)39)29(33)38-9-5-6-19-12-22(20(14-32)15-34-3)23(28(30)31)13-26(19)38/h12-13,15,21,24-25,28,33-34,36H,4-11,14,16-17,32H2,1-3H3,(H,35,39)(H,40,41)/b20-15+,33-29?. The van der Waals surface area contributed by atoms with Gasteiger partial charge in [0.2, 0.25) is 5.91 Å². The minimum Gasteiger partial charge on any atom is -0.480 e. The predicted octanol–water partition coefficient (Wildman–Crippen LogP) is 2.54. The Hall–Kier alpha value is -3.09. The number of amides is 1. The van der Waals surface area contributed by atoms with Crippen molar-refractivity contribution in [3.8, 4) is 0 Å². The summed E-state index contributed by atoms with van der Waals surface area (Å²) in [5.74, 6) is -1.16.